The lowest BCUT2D eigenvalue weighted by molar-refractivity contribution is -0.380. The molecule has 4 aliphatic heterocycles. The third-order valence-corrected chi connectivity index (χ3v) is 21.7. The number of aliphatic hydroxyl groups excluding tert-OH is 15. The van der Waals surface area contributed by atoms with Crippen LogP contribution in [0.5, 0.6) is 0 Å². The first kappa shape index (κ1) is 63.8. The minimum atomic E-state index is -1.94. The lowest BCUT2D eigenvalue weighted by Crippen LogP contribution is -2.69. The van der Waals surface area contributed by atoms with Gasteiger partial charge in [-0.25, -0.2) is 0 Å². The molecule has 4 saturated heterocycles. The zero-order chi connectivity index (χ0) is 58.4. The monoisotopic (exact) mass is 1140 g/mol. The fraction of sp³-hybridized carbons (Fsp3) is 0.964. The Kier molecular flexibility index (Phi) is 19.0. The van der Waals surface area contributed by atoms with Crippen molar-refractivity contribution < 1.29 is 120 Å². The van der Waals surface area contributed by atoms with Crippen LogP contribution in [0.25, 0.3) is 0 Å². The lowest BCUT2D eigenvalue weighted by Gasteiger charge is -2.72. The van der Waals surface area contributed by atoms with Gasteiger partial charge in [-0.2, -0.15) is 0 Å². The van der Waals surface area contributed by atoms with Gasteiger partial charge in [-0.05, 0) is 99.2 Å². The number of aliphatic hydroxyl groups is 16. The molecule has 79 heavy (non-hydrogen) atoms. The summed E-state index contributed by atoms with van der Waals surface area (Å²) in [7, 11) is 0. The molecule has 30 atom stereocenters. The van der Waals surface area contributed by atoms with Gasteiger partial charge in [0.1, 0.15) is 97.7 Å². The number of fused-ring (bicyclic) bond motifs is 5. The summed E-state index contributed by atoms with van der Waals surface area (Å²) in [4.78, 5) is 0. The van der Waals surface area contributed by atoms with E-state index in [1.165, 1.54) is 13.8 Å². The standard InChI is InChI=1S/C55H94O24/c1-23(24-14-16-53(7)52(24,6)18-31(59)55(9)26-11-13-32(50(2,3)25(26)15-17-54(53,55)8)77-47-43(69)39(65)35(61)28(20-57)74-47)10-12-33(51(4,5)71)78-49-45(79-48-44(70)40(66)36(62)29(21-58)75-48)41(67)37(63)30(76-49)22-72-46-42(68)38(64)34(60)27(19-56)73-46/h15,23-24,26-49,56-71H,10-14,16-22H2,1-9H3/t23-,24-,26-,27-,28-,29-,30-,31-,32+,33-,34-,35-,36-,37-,38+,39+,40+,41+,42-,43-,44-,45-,46+,47+,48+,49+,52-,53-,54+,55-/m1/s1. The number of allylic oxidation sites excluding steroid dienone is 1. The summed E-state index contributed by atoms with van der Waals surface area (Å²) in [6.07, 6.45) is -27.9. The van der Waals surface area contributed by atoms with Crippen molar-refractivity contribution in [2.45, 2.75) is 260 Å². The molecule has 8 rings (SSSR count). The lowest BCUT2D eigenvalue weighted by atomic mass is 9.32. The van der Waals surface area contributed by atoms with Crippen molar-refractivity contribution in [1.82, 2.24) is 0 Å². The summed E-state index contributed by atoms with van der Waals surface area (Å²) in [5, 5.41) is 173. The average molecular weight is 1140 g/mol. The Morgan fingerprint density at radius 2 is 1.08 bits per heavy atom. The third-order valence-electron chi connectivity index (χ3n) is 21.7. The van der Waals surface area contributed by atoms with Gasteiger partial charge < -0.3 is 120 Å². The number of rotatable bonds is 17. The number of ether oxygens (including phenoxy) is 8. The molecule has 3 saturated carbocycles. The Hall–Kier alpha value is -1.22. The van der Waals surface area contributed by atoms with Crippen LogP contribution in [-0.4, -0.2) is 255 Å². The molecule has 0 aromatic rings. The molecule has 0 spiro atoms. The van der Waals surface area contributed by atoms with Crippen molar-refractivity contribution in [2.75, 3.05) is 26.4 Å². The fourth-order valence-corrected chi connectivity index (χ4v) is 16.1. The van der Waals surface area contributed by atoms with Crippen LogP contribution in [0.15, 0.2) is 11.6 Å². The average Bonchev–Trinajstić information content (AvgIpc) is 3.42. The molecular formula is C55H94O24. The quantitative estimate of drug-likeness (QED) is 0.0652. The van der Waals surface area contributed by atoms with Crippen molar-refractivity contribution in [2.24, 2.45) is 44.8 Å². The molecule has 4 aliphatic carbocycles. The molecule has 24 nitrogen and oxygen atoms in total. The molecule has 0 radical (unpaired) electrons. The molecule has 7 fully saturated rings. The second-order valence-electron chi connectivity index (χ2n) is 26.5. The van der Waals surface area contributed by atoms with Crippen LogP contribution in [0.3, 0.4) is 0 Å². The predicted molar refractivity (Wildman–Crippen MR) is 272 cm³/mol. The van der Waals surface area contributed by atoms with E-state index in [1.54, 1.807) is 0 Å². The Morgan fingerprint density at radius 1 is 0.582 bits per heavy atom. The summed E-state index contributed by atoms with van der Waals surface area (Å²) in [5.74, 6) is 0.0571. The van der Waals surface area contributed by atoms with Crippen LogP contribution < -0.4 is 0 Å². The van der Waals surface area contributed by atoms with E-state index in [0.29, 0.717) is 32.1 Å². The molecule has 0 bridgehead atoms. The van der Waals surface area contributed by atoms with E-state index in [2.05, 4.69) is 54.5 Å². The van der Waals surface area contributed by atoms with Crippen LogP contribution in [0.1, 0.15) is 114 Å². The minimum absolute atomic E-state index is 0.00963. The molecule has 0 aromatic carbocycles. The van der Waals surface area contributed by atoms with Crippen molar-refractivity contribution in [3.63, 3.8) is 0 Å². The Morgan fingerprint density at radius 3 is 1.61 bits per heavy atom. The second kappa shape index (κ2) is 23.6. The van der Waals surface area contributed by atoms with Gasteiger partial charge in [0.15, 0.2) is 25.2 Å². The van der Waals surface area contributed by atoms with Gasteiger partial charge in [0.05, 0.1) is 50.3 Å². The summed E-state index contributed by atoms with van der Waals surface area (Å²) >= 11 is 0. The molecule has 8 aliphatic rings. The van der Waals surface area contributed by atoms with Gasteiger partial charge in [-0.1, -0.05) is 60.1 Å². The first-order valence-electron chi connectivity index (χ1n) is 28.4. The van der Waals surface area contributed by atoms with Crippen molar-refractivity contribution in [1.29, 1.82) is 0 Å². The summed E-state index contributed by atoms with van der Waals surface area (Å²) in [6, 6.07) is 0. The highest BCUT2D eigenvalue weighted by Crippen LogP contribution is 2.80. The molecule has 24 heteroatoms. The van der Waals surface area contributed by atoms with Crippen LogP contribution in [-0.2, 0) is 37.9 Å². The number of hydrogen-bond acceptors (Lipinski definition) is 24. The van der Waals surface area contributed by atoms with E-state index in [-0.39, 0.29) is 35.0 Å². The molecular weight excluding hydrogens is 1040 g/mol. The molecule has 0 aromatic heterocycles. The Balaban J connectivity index is 1.00. The van der Waals surface area contributed by atoms with Gasteiger partial charge >= 0.3 is 0 Å². The van der Waals surface area contributed by atoms with Crippen LogP contribution in [0.2, 0.25) is 0 Å². The maximum atomic E-state index is 12.9. The molecule has 4 heterocycles. The van der Waals surface area contributed by atoms with E-state index in [4.69, 9.17) is 37.9 Å². The second-order valence-corrected chi connectivity index (χ2v) is 26.5. The first-order chi connectivity index (χ1) is 36.8. The smallest absolute Gasteiger partial charge is 0.187 e. The Bertz CT molecular complexity index is 2070. The Labute approximate surface area is 461 Å². The van der Waals surface area contributed by atoms with Crippen LogP contribution in [0, 0.1) is 44.8 Å². The predicted octanol–water partition coefficient (Wildman–Crippen LogP) is -2.84. The molecule has 458 valence electrons. The van der Waals surface area contributed by atoms with E-state index >= 15 is 0 Å². The summed E-state index contributed by atoms with van der Waals surface area (Å²) < 4.78 is 47.8. The van der Waals surface area contributed by atoms with E-state index in [9.17, 15) is 81.7 Å². The largest absolute Gasteiger partial charge is 0.394 e. The normalized spacial score (nSPS) is 51.9. The van der Waals surface area contributed by atoms with E-state index in [1.807, 2.05) is 0 Å². The van der Waals surface area contributed by atoms with Crippen LogP contribution in [0.4, 0.5) is 0 Å². The molecule has 0 amide bonds. The van der Waals surface area contributed by atoms with Crippen molar-refractivity contribution in [3.05, 3.63) is 11.6 Å². The highest BCUT2D eigenvalue weighted by Gasteiger charge is 2.75. The zero-order valence-electron chi connectivity index (χ0n) is 47.0. The summed E-state index contributed by atoms with van der Waals surface area (Å²) in [5.41, 5.74) is -2.66. The van der Waals surface area contributed by atoms with Gasteiger partial charge in [0.25, 0.3) is 0 Å². The highest BCUT2D eigenvalue weighted by atomic mass is 16.8. The van der Waals surface area contributed by atoms with Gasteiger partial charge in [-0.15, -0.1) is 0 Å². The van der Waals surface area contributed by atoms with E-state index in [0.717, 1.165) is 18.4 Å². The van der Waals surface area contributed by atoms with Gasteiger partial charge in [0, 0.05) is 10.8 Å². The van der Waals surface area contributed by atoms with Crippen LogP contribution >= 0.6 is 0 Å². The molecule has 16 N–H and O–H groups in total. The van der Waals surface area contributed by atoms with Gasteiger partial charge in [0.2, 0.25) is 0 Å². The molecule has 0 unspecified atom stereocenters. The summed E-state index contributed by atoms with van der Waals surface area (Å²) in [6.45, 7) is 15.9. The first-order valence-corrected chi connectivity index (χ1v) is 28.4. The number of hydrogen-bond donors (Lipinski definition) is 16. The van der Waals surface area contributed by atoms with E-state index < -0.39 is 189 Å². The topological polar surface area (TPSA) is 398 Å². The van der Waals surface area contributed by atoms with Crippen molar-refractivity contribution in [3.8, 4) is 0 Å². The fourth-order valence-electron chi connectivity index (χ4n) is 16.1. The van der Waals surface area contributed by atoms with Crippen molar-refractivity contribution >= 4 is 0 Å². The zero-order valence-corrected chi connectivity index (χ0v) is 47.0. The maximum Gasteiger partial charge on any atom is 0.187 e. The SMILES string of the molecule is C[C@H](CC[C@@H](O[C@@H]1O[C@H](CO[C@H]2O[C@H](CO)[C@@H](O)[C@H](O)[C@H]2O)[C@@H](O)[C@H](O)[C@H]1O[C@@H]1O[C@H](CO)[C@@H](O)[C@H](O)[C@H]1O)C(C)(C)O)[C@H]1CC[C@@]2(C)[C@]3(C)CC=C4[C@@H](CC[C@H](O[C@@H]5O[C@H](CO)[C@@H](O)[C@H](O)[C@H]5O)C4(C)C)[C@]3(C)[C@H](O)C[C@]12C. The van der Waals surface area contributed by atoms with Gasteiger partial charge in [-0.3, -0.25) is 0 Å². The highest BCUT2D eigenvalue weighted by molar-refractivity contribution is 5.34. The minimum Gasteiger partial charge on any atom is -0.394 e. The third kappa shape index (κ3) is 10.8. The maximum absolute atomic E-state index is 12.9.